The van der Waals surface area contributed by atoms with Crippen molar-refractivity contribution in [3.63, 3.8) is 0 Å². The molecular formula is C18H14F3NO2. The lowest BCUT2D eigenvalue weighted by atomic mass is 10.0. The highest BCUT2D eigenvalue weighted by Gasteiger charge is 2.36. The van der Waals surface area contributed by atoms with Gasteiger partial charge in [-0.25, -0.2) is 4.79 Å². The molecule has 0 bridgehead atoms. The first-order chi connectivity index (χ1) is 11.4. The van der Waals surface area contributed by atoms with Gasteiger partial charge in [-0.2, -0.15) is 13.2 Å². The summed E-state index contributed by atoms with van der Waals surface area (Å²) in [6.07, 6.45) is -4.51. The normalized spacial score (nSPS) is 11.7. The van der Waals surface area contributed by atoms with Gasteiger partial charge in [0.1, 0.15) is 5.69 Å². The molecule has 24 heavy (non-hydrogen) atoms. The van der Waals surface area contributed by atoms with Crippen LogP contribution in [0.2, 0.25) is 0 Å². The summed E-state index contributed by atoms with van der Waals surface area (Å²) < 4.78 is 45.0. The van der Waals surface area contributed by atoms with Crippen molar-refractivity contribution in [1.82, 2.24) is 4.98 Å². The number of aromatic amines is 1. The van der Waals surface area contributed by atoms with Gasteiger partial charge < -0.3 is 9.72 Å². The maximum atomic E-state index is 13.4. The summed E-state index contributed by atoms with van der Waals surface area (Å²) in [5.41, 5.74) is 0.372. The highest BCUT2D eigenvalue weighted by Crippen LogP contribution is 2.41. The van der Waals surface area contributed by atoms with Crippen molar-refractivity contribution >= 4 is 16.9 Å². The van der Waals surface area contributed by atoms with Crippen molar-refractivity contribution in [3.05, 3.63) is 59.8 Å². The summed E-state index contributed by atoms with van der Waals surface area (Å²) in [4.78, 5) is 14.1. The third-order valence-corrected chi connectivity index (χ3v) is 3.67. The van der Waals surface area contributed by atoms with Crippen LogP contribution in [0.3, 0.4) is 0 Å². The van der Waals surface area contributed by atoms with E-state index in [1.54, 1.807) is 31.2 Å². The van der Waals surface area contributed by atoms with Gasteiger partial charge >= 0.3 is 12.1 Å². The van der Waals surface area contributed by atoms with Gasteiger partial charge in [-0.1, -0.05) is 30.3 Å². The molecule has 0 saturated carbocycles. The van der Waals surface area contributed by atoms with Crippen LogP contribution in [0.15, 0.2) is 48.5 Å². The molecule has 3 aromatic rings. The van der Waals surface area contributed by atoms with Gasteiger partial charge in [-0.3, -0.25) is 0 Å². The van der Waals surface area contributed by atoms with E-state index >= 15 is 0 Å². The number of halogens is 3. The topological polar surface area (TPSA) is 42.1 Å². The van der Waals surface area contributed by atoms with Gasteiger partial charge in [-0.05, 0) is 30.7 Å². The number of esters is 1. The highest BCUT2D eigenvalue weighted by molar-refractivity contribution is 5.98. The van der Waals surface area contributed by atoms with Crippen LogP contribution < -0.4 is 0 Å². The number of aromatic nitrogens is 1. The van der Waals surface area contributed by atoms with Crippen LogP contribution in [-0.4, -0.2) is 17.6 Å². The van der Waals surface area contributed by atoms with Crippen LogP contribution in [0.4, 0.5) is 13.2 Å². The Bertz CT molecular complexity index is 879. The Kier molecular flexibility index (Phi) is 4.05. The van der Waals surface area contributed by atoms with Gasteiger partial charge in [0.2, 0.25) is 0 Å². The fourth-order valence-corrected chi connectivity index (χ4v) is 2.64. The Morgan fingerprint density at radius 3 is 2.38 bits per heavy atom. The fourth-order valence-electron chi connectivity index (χ4n) is 2.64. The zero-order valence-corrected chi connectivity index (χ0v) is 12.8. The summed E-state index contributed by atoms with van der Waals surface area (Å²) >= 11 is 0. The largest absolute Gasteiger partial charge is 0.462 e. The molecule has 0 spiro atoms. The molecule has 0 fully saturated rings. The standard InChI is InChI=1S/C18H14F3NO2/c1-2-24-17(23)12-9-7-11(8-10-12)15-13-5-3-4-6-14(13)22-16(15)18(19,20)21/h3-10,22H,2H2,1H3. The first-order valence-corrected chi connectivity index (χ1v) is 7.37. The van der Waals surface area contributed by atoms with Gasteiger partial charge in [-0.15, -0.1) is 0 Å². The number of alkyl halides is 3. The zero-order valence-electron chi connectivity index (χ0n) is 12.8. The van der Waals surface area contributed by atoms with Crippen molar-refractivity contribution in [3.8, 4) is 11.1 Å². The number of rotatable bonds is 3. The van der Waals surface area contributed by atoms with E-state index < -0.39 is 17.8 Å². The van der Waals surface area contributed by atoms with Crippen molar-refractivity contribution in [1.29, 1.82) is 0 Å². The van der Waals surface area contributed by atoms with Crippen molar-refractivity contribution < 1.29 is 22.7 Å². The van der Waals surface area contributed by atoms with Gasteiger partial charge in [0.05, 0.1) is 12.2 Å². The highest BCUT2D eigenvalue weighted by atomic mass is 19.4. The average molecular weight is 333 g/mol. The number of carbonyl (C=O) groups excluding carboxylic acids is 1. The molecule has 124 valence electrons. The van der Waals surface area contributed by atoms with Crippen LogP contribution in [0.5, 0.6) is 0 Å². The molecule has 6 heteroatoms. The second-order valence-electron chi connectivity index (χ2n) is 5.22. The molecule has 1 N–H and O–H groups in total. The zero-order chi connectivity index (χ0) is 17.3. The lowest BCUT2D eigenvalue weighted by Crippen LogP contribution is -2.07. The lowest BCUT2D eigenvalue weighted by Gasteiger charge is -2.09. The molecule has 0 amide bonds. The molecule has 1 aromatic heterocycles. The molecule has 0 saturated heterocycles. The lowest BCUT2D eigenvalue weighted by molar-refractivity contribution is -0.140. The fraction of sp³-hybridized carbons (Fsp3) is 0.167. The minimum atomic E-state index is -4.51. The summed E-state index contributed by atoms with van der Waals surface area (Å²) in [7, 11) is 0. The molecule has 3 rings (SSSR count). The van der Waals surface area contributed by atoms with E-state index in [1.807, 2.05) is 0 Å². The molecule has 0 unspecified atom stereocenters. The summed E-state index contributed by atoms with van der Waals surface area (Å²) in [5.74, 6) is -0.501. The van der Waals surface area contributed by atoms with E-state index in [1.165, 1.54) is 24.3 Å². The minimum Gasteiger partial charge on any atom is -0.462 e. The van der Waals surface area contributed by atoms with E-state index in [9.17, 15) is 18.0 Å². The number of carbonyl (C=O) groups is 1. The summed E-state index contributed by atoms with van der Waals surface area (Å²) in [6.45, 7) is 1.93. The quantitative estimate of drug-likeness (QED) is 0.683. The molecule has 0 aliphatic carbocycles. The number of para-hydroxylation sites is 1. The van der Waals surface area contributed by atoms with Gasteiger partial charge in [0, 0.05) is 16.5 Å². The second kappa shape index (κ2) is 6.03. The second-order valence-corrected chi connectivity index (χ2v) is 5.22. The summed E-state index contributed by atoms with van der Waals surface area (Å²) in [5, 5.41) is 0.480. The molecule has 0 aliphatic rings. The first-order valence-electron chi connectivity index (χ1n) is 7.37. The Balaban J connectivity index is 2.13. The molecule has 1 heterocycles. The molecule has 0 radical (unpaired) electrons. The monoisotopic (exact) mass is 333 g/mol. The van der Waals surface area contributed by atoms with Crippen molar-refractivity contribution in [2.75, 3.05) is 6.61 Å². The number of hydrogen-bond donors (Lipinski definition) is 1. The number of benzene rings is 2. The number of H-pyrrole nitrogens is 1. The summed E-state index contributed by atoms with van der Waals surface area (Å²) in [6, 6.07) is 12.5. The van der Waals surface area contributed by atoms with Crippen LogP contribution >= 0.6 is 0 Å². The number of fused-ring (bicyclic) bond motifs is 1. The first kappa shape index (κ1) is 16.1. The van der Waals surface area contributed by atoms with Crippen LogP contribution in [0.25, 0.3) is 22.0 Å². The van der Waals surface area contributed by atoms with Crippen LogP contribution in [0.1, 0.15) is 23.0 Å². The Hall–Kier alpha value is -2.76. The smallest absolute Gasteiger partial charge is 0.431 e. The predicted octanol–water partition coefficient (Wildman–Crippen LogP) is 5.03. The molecule has 2 aromatic carbocycles. The number of ether oxygens (including phenoxy) is 1. The number of hydrogen-bond acceptors (Lipinski definition) is 2. The van der Waals surface area contributed by atoms with E-state index in [4.69, 9.17) is 4.74 Å². The van der Waals surface area contributed by atoms with Crippen LogP contribution in [-0.2, 0) is 10.9 Å². The SMILES string of the molecule is CCOC(=O)c1ccc(-c2c(C(F)(F)F)[nH]c3ccccc23)cc1. The van der Waals surface area contributed by atoms with Crippen molar-refractivity contribution in [2.45, 2.75) is 13.1 Å². The third kappa shape index (κ3) is 2.87. The molecule has 3 nitrogen and oxygen atoms in total. The molecule has 0 aliphatic heterocycles. The maximum Gasteiger partial charge on any atom is 0.431 e. The van der Waals surface area contributed by atoms with E-state index in [-0.39, 0.29) is 12.2 Å². The van der Waals surface area contributed by atoms with E-state index in [0.717, 1.165) is 0 Å². The van der Waals surface area contributed by atoms with E-state index in [0.29, 0.717) is 22.0 Å². The van der Waals surface area contributed by atoms with Gasteiger partial charge in [0.25, 0.3) is 0 Å². The Morgan fingerprint density at radius 2 is 1.75 bits per heavy atom. The Morgan fingerprint density at radius 1 is 1.08 bits per heavy atom. The van der Waals surface area contributed by atoms with Gasteiger partial charge in [0.15, 0.2) is 0 Å². The Labute approximate surface area is 136 Å². The predicted molar refractivity (Wildman–Crippen MR) is 84.7 cm³/mol. The maximum absolute atomic E-state index is 13.4. The molecule has 0 atom stereocenters. The van der Waals surface area contributed by atoms with Crippen LogP contribution in [0, 0.1) is 0 Å². The third-order valence-electron chi connectivity index (χ3n) is 3.67. The minimum absolute atomic E-state index is 0.0773. The molecular weight excluding hydrogens is 319 g/mol. The average Bonchev–Trinajstić information content (AvgIpc) is 2.95. The number of nitrogens with one attached hydrogen (secondary N) is 1. The van der Waals surface area contributed by atoms with Crippen molar-refractivity contribution in [2.24, 2.45) is 0 Å². The van der Waals surface area contributed by atoms with E-state index in [2.05, 4.69) is 4.98 Å².